The number of benzene rings is 2. The third kappa shape index (κ3) is 3.72. The van der Waals surface area contributed by atoms with Gasteiger partial charge in [0.1, 0.15) is 0 Å². The molecule has 2 rings (SSSR count). The van der Waals surface area contributed by atoms with Gasteiger partial charge < -0.3 is 5.32 Å². The molecular weight excluding hydrogens is 258 g/mol. The van der Waals surface area contributed by atoms with Crippen molar-refractivity contribution in [1.29, 1.82) is 0 Å². The summed E-state index contributed by atoms with van der Waals surface area (Å²) in [5.41, 5.74) is 1.86. The van der Waals surface area contributed by atoms with Gasteiger partial charge in [-0.2, -0.15) is 0 Å². The Kier molecular flexibility index (Phi) is 4.79. The van der Waals surface area contributed by atoms with Crippen LogP contribution in [0.5, 0.6) is 0 Å². The number of rotatable bonds is 5. The van der Waals surface area contributed by atoms with Crippen molar-refractivity contribution < 1.29 is 4.79 Å². The Balaban J connectivity index is 2.03. The Morgan fingerprint density at radius 1 is 1.00 bits per heavy atom. The van der Waals surface area contributed by atoms with Gasteiger partial charge in [-0.25, -0.2) is 0 Å². The minimum atomic E-state index is -0.448. The third-order valence-electron chi connectivity index (χ3n) is 4.26. The Bertz CT molecular complexity index is 575. The first-order chi connectivity index (χ1) is 10.0. The maximum atomic E-state index is 12.5. The SMILES string of the molecule is C[C@@H](c1ccccc1)C(C)(C)C(=O)NCc1ccccc1. The van der Waals surface area contributed by atoms with Crippen LogP contribution < -0.4 is 5.32 Å². The molecule has 0 unspecified atom stereocenters. The molecule has 0 fully saturated rings. The minimum absolute atomic E-state index is 0.0858. The summed E-state index contributed by atoms with van der Waals surface area (Å²) in [5.74, 6) is 0.247. The lowest BCUT2D eigenvalue weighted by Crippen LogP contribution is -2.39. The molecule has 1 N–H and O–H groups in total. The number of hydrogen-bond donors (Lipinski definition) is 1. The molecule has 110 valence electrons. The van der Waals surface area contributed by atoms with Crippen molar-refractivity contribution in [1.82, 2.24) is 5.32 Å². The first-order valence-corrected chi connectivity index (χ1v) is 7.39. The maximum Gasteiger partial charge on any atom is 0.226 e. The van der Waals surface area contributed by atoms with Gasteiger partial charge >= 0.3 is 0 Å². The van der Waals surface area contributed by atoms with E-state index in [1.807, 2.05) is 62.4 Å². The molecule has 0 aliphatic heterocycles. The highest BCUT2D eigenvalue weighted by molar-refractivity contribution is 5.82. The zero-order chi connectivity index (χ0) is 15.3. The fraction of sp³-hybridized carbons (Fsp3) is 0.316. The Hall–Kier alpha value is -2.09. The monoisotopic (exact) mass is 281 g/mol. The first kappa shape index (κ1) is 15.3. The van der Waals surface area contributed by atoms with Crippen molar-refractivity contribution >= 4 is 5.91 Å². The number of amides is 1. The summed E-state index contributed by atoms with van der Waals surface area (Å²) in [6.07, 6.45) is 0. The molecule has 21 heavy (non-hydrogen) atoms. The zero-order valence-corrected chi connectivity index (χ0v) is 13.0. The molecule has 0 heterocycles. The van der Waals surface area contributed by atoms with Gasteiger partial charge in [0.2, 0.25) is 5.91 Å². The molecule has 2 aromatic carbocycles. The average Bonchev–Trinajstić information content (AvgIpc) is 2.53. The third-order valence-corrected chi connectivity index (χ3v) is 4.26. The fourth-order valence-electron chi connectivity index (χ4n) is 2.36. The van der Waals surface area contributed by atoms with E-state index in [4.69, 9.17) is 0 Å². The number of carbonyl (C=O) groups excluding carboxylic acids is 1. The summed E-state index contributed by atoms with van der Waals surface area (Å²) < 4.78 is 0. The van der Waals surface area contributed by atoms with E-state index in [1.165, 1.54) is 5.56 Å². The minimum Gasteiger partial charge on any atom is -0.352 e. The van der Waals surface area contributed by atoms with Gasteiger partial charge in [-0.05, 0) is 17.0 Å². The largest absolute Gasteiger partial charge is 0.352 e. The molecule has 0 bridgehead atoms. The van der Waals surface area contributed by atoms with Crippen molar-refractivity contribution in [3.63, 3.8) is 0 Å². The maximum absolute atomic E-state index is 12.5. The smallest absolute Gasteiger partial charge is 0.226 e. The average molecular weight is 281 g/mol. The van der Waals surface area contributed by atoms with E-state index < -0.39 is 5.41 Å². The van der Waals surface area contributed by atoms with Crippen molar-refractivity contribution in [2.45, 2.75) is 33.2 Å². The van der Waals surface area contributed by atoms with E-state index in [0.717, 1.165) is 5.56 Å². The molecule has 0 aromatic heterocycles. The van der Waals surface area contributed by atoms with Gasteiger partial charge in [0.05, 0.1) is 5.41 Å². The van der Waals surface area contributed by atoms with Crippen LogP contribution in [0, 0.1) is 5.41 Å². The molecule has 0 aliphatic rings. The summed E-state index contributed by atoms with van der Waals surface area (Å²) >= 11 is 0. The van der Waals surface area contributed by atoms with E-state index in [1.54, 1.807) is 0 Å². The molecule has 2 nitrogen and oxygen atoms in total. The highest BCUT2D eigenvalue weighted by Gasteiger charge is 2.34. The molecule has 0 spiro atoms. The predicted octanol–water partition coefficient (Wildman–Crippen LogP) is 4.13. The molecule has 2 heteroatoms. The van der Waals surface area contributed by atoms with E-state index >= 15 is 0 Å². The van der Waals surface area contributed by atoms with Gasteiger partial charge in [0, 0.05) is 6.54 Å². The van der Waals surface area contributed by atoms with E-state index in [2.05, 4.69) is 24.4 Å². The van der Waals surface area contributed by atoms with Gasteiger partial charge in [-0.3, -0.25) is 4.79 Å². The van der Waals surface area contributed by atoms with Gasteiger partial charge in [0.25, 0.3) is 0 Å². The van der Waals surface area contributed by atoms with Crippen LogP contribution in [0.15, 0.2) is 60.7 Å². The summed E-state index contributed by atoms with van der Waals surface area (Å²) in [7, 11) is 0. The molecule has 2 aromatic rings. The zero-order valence-electron chi connectivity index (χ0n) is 13.0. The van der Waals surface area contributed by atoms with Crippen molar-refractivity contribution in [3.05, 3.63) is 71.8 Å². The number of hydrogen-bond acceptors (Lipinski definition) is 1. The highest BCUT2D eigenvalue weighted by Crippen LogP contribution is 2.35. The normalized spacial score (nSPS) is 12.7. The quantitative estimate of drug-likeness (QED) is 0.877. The lowest BCUT2D eigenvalue weighted by molar-refractivity contribution is -0.130. The number of nitrogens with one attached hydrogen (secondary N) is 1. The fourth-order valence-corrected chi connectivity index (χ4v) is 2.36. The lowest BCUT2D eigenvalue weighted by atomic mass is 9.75. The van der Waals surface area contributed by atoms with E-state index in [-0.39, 0.29) is 11.8 Å². The second-order valence-electron chi connectivity index (χ2n) is 6.02. The van der Waals surface area contributed by atoms with Crippen LogP contribution in [0.4, 0.5) is 0 Å². The molecule has 0 radical (unpaired) electrons. The van der Waals surface area contributed by atoms with Gasteiger partial charge in [-0.1, -0.05) is 81.4 Å². The Labute approximate surface area is 127 Å². The Morgan fingerprint density at radius 3 is 2.10 bits per heavy atom. The summed E-state index contributed by atoms with van der Waals surface area (Å²) in [6.45, 7) is 6.69. The van der Waals surface area contributed by atoms with Crippen molar-refractivity contribution in [2.75, 3.05) is 0 Å². The number of carbonyl (C=O) groups is 1. The van der Waals surface area contributed by atoms with Crippen LogP contribution in [-0.2, 0) is 11.3 Å². The summed E-state index contributed by atoms with van der Waals surface area (Å²) in [6, 6.07) is 20.2. The summed E-state index contributed by atoms with van der Waals surface area (Å²) in [4.78, 5) is 12.5. The van der Waals surface area contributed by atoms with Crippen LogP contribution in [0.1, 0.15) is 37.8 Å². The van der Waals surface area contributed by atoms with Gasteiger partial charge in [-0.15, -0.1) is 0 Å². The van der Waals surface area contributed by atoms with E-state index in [0.29, 0.717) is 6.54 Å². The van der Waals surface area contributed by atoms with Gasteiger partial charge in [0.15, 0.2) is 0 Å². The molecule has 0 aliphatic carbocycles. The highest BCUT2D eigenvalue weighted by atomic mass is 16.2. The molecule has 1 atom stereocenters. The summed E-state index contributed by atoms with van der Waals surface area (Å²) in [5, 5.41) is 3.05. The standard InChI is InChI=1S/C19H23NO/c1-15(17-12-8-5-9-13-17)19(2,3)18(21)20-14-16-10-6-4-7-11-16/h4-13,15H,14H2,1-3H3,(H,20,21)/t15-/m0/s1. The second kappa shape index (κ2) is 6.57. The van der Waals surface area contributed by atoms with E-state index in [9.17, 15) is 4.79 Å². The molecular formula is C19H23NO. The van der Waals surface area contributed by atoms with Crippen LogP contribution >= 0.6 is 0 Å². The topological polar surface area (TPSA) is 29.1 Å². The van der Waals surface area contributed by atoms with Crippen molar-refractivity contribution in [3.8, 4) is 0 Å². The molecule has 0 saturated heterocycles. The predicted molar refractivity (Wildman–Crippen MR) is 86.9 cm³/mol. The lowest BCUT2D eigenvalue weighted by Gasteiger charge is -2.31. The molecule has 1 amide bonds. The second-order valence-corrected chi connectivity index (χ2v) is 6.02. The van der Waals surface area contributed by atoms with Crippen molar-refractivity contribution in [2.24, 2.45) is 5.41 Å². The van der Waals surface area contributed by atoms with Crippen LogP contribution in [0.3, 0.4) is 0 Å². The van der Waals surface area contributed by atoms with Crippen LogP contribution in [0.25, 0.3) is 0 Å². The molecule has 0 saturated carbocycles. The van der Waals surface area contributed by atoms with Crippen LogP contribution in [0.2, 0.25) is 0 Å². The first-order valence-electron chi connectivity index (χ1n) is 7.39. The Morgan fingerprint density at radius 2 is 1.52 bits per heavy atom. The van der Waals surface area contributed by atoms with Crippen LogP contribution in [-0.4, -0.2) is 5.91 Å².